The molecule has 1 heterocycles. The fourth-order valence-electron chi connectivity index (χ4n) is 0.332. The van der Waals surface area contributed by atoms with Crippen LogP contribution in [0.2, 0.25) is 0 Å². The topological polar surface area (TPSA) is 31.2 Å². The highest BCUT2D eigenvalue weighted by atomic mass is 35.5. The van der Waals surface area contributed by atoms with E-state index in [1.54, 1.807) is 0 Å². The van der Waals surface area contributed by atoms with Crippen molar-refractivity contribution in [2.24, 2.45) is 0 Å². The lowest BCUT2D eigenvalue weighted by molar-refractivity contribution is -0.114. The molecule has 0 amide bonds. The predicted octanol–water partition coefficient (Wildman–Crippen LogP) is 0.622. The molecular formula is C4HCl2NO. The zero-order valence-electron chi connectivity index (χ0n) is 3.69. The predicted molar refractivity (Wildman–Crippen MR) is 29.4 cm³/mol. The van der Waals surface area contributed by atoms with Crippen LogP contribution in [-0.4, -0.2) is 11.3 Å². The fourth-order valence-corrected chi connectivity index (χ4v) is 0.698. The molecule has 0 aliphatic carbocycles. The molecule has 0 aromatic heterocycles. The second-order valence-electron chi connectivity index (χ2n) is 1.25. The molecule has 0 saturated carbocycles. The van der Waals surface area contributed by atoms with Gasteiger partial charge in [0.05, 0.1) is 0 Å². The Bertz CT molecular complexity index is 154. The fraction of sp³-hybridized carbons (Fsp3) is 0.250. The summed E-state index contributed by atoms with van der Waals surface area (Å²) in [5.74, 6) is -0.367. The molecule has 0 fully saturated rings. The molecule has 1 unspecified atom stereocenters. The van der Waals surface area contributed by atoms with E-state index in [0.717, 1.165) is 0 Å². The molecule has 2 nitrogen and oxygen atoms in total. The average Bonchev–Trinajstić information content (AvgIpc) is 1.98. The van der Waals surface area contributed by atoms with Gasteiger partial charge in [-0.05, 0) is 0 Å². The summed E-state index contributed by atoms with van der Waals surface area (Å²) in [6.07, 6.45) is 2.24. The summed E-state index contributed by atoms with van der Waals surface area (Å²) in [5.41, 5.74) is -0.831. The third-order valence-corrected chi connectivity index (χ3v) is 1.28. The molecule has 0 spiro atoms. The van der Waals surface area contributed by atoms with Crippen molar-refractivity contribution < 1.29 is 4.79 Å². The summed E-state index contributed by atoms with van der Waals surface area (Å²) < 4.78 is 0. The first kappa shape index (κ1) is 5.92. The molecule has 0 aromatic rings. The maximum atomic E-state index is 10.4. The molecule has 0 N–H and O–H groups in total. The molecule has 0 aromatic carbocycles. The minimum Gasteiger partial charge on any atom is -0.289 e. The van der Waals surface area contributed by atoms with Gasteiger partial charge in [0, 0.05) is 0 Å². The van der Waals surface area contributed by atoms with Crippen LogP contribution in [0.5, 0.6) is 0 Å². The van der Waals surface area contributed by atoms with Crippen LogP contribution in [0.4, 0.5) is 0 Å². The summed E-state index contributed by atoms with van der Waals surface area (Å²) >= 11 is 10.5. The largest absolute Gasteiger partial charge is 0.289 e. The molecule has 1 atom stereocenters. The van der Waals surface area contributed by atoms with E-state index in [1.165, 1.54) is 0 Å². The zero-order chi connectivity index (χ0) is 6.15. The summed E-state index contributed by atoms with van der Waals surface area (Å²) in [5, 5.41) is 3.39. The Labute approximate surface area is 56.5 Å². The Morgan fingerprint density at radius 1 is 1.75 bits per heavy atom. The monoisotopic (exact) mass is 149 g/mol. The number of Topliss-reactive ketones (excluding diaryl/α,β-unsaturated/α-hetero) is 1. The van der Waals surface area contributed by atoms with Crippen molar-refractivity contribution in [2.75, 3.05) is 0 Å². The number of nitrogens with zero attached hydrogens (tertiary/aromatic N) is 1. The van der Waals surface area contributed by atoms with Crippen LogP contribution in [0.15, 0.2) is 5.03 Å². The highest BCUT2D eigenvalue weighted by Crippen LogP contribution is 2.14. The lowest BCUT2D eigenvalue weighted by atomic mass is 10.4. The van der Waals surface area contributed by atoms with Crippen molar-refractivity contribution in [3.8, 4) is 0 Å². The molecule has 2 radical (unpaired) electrons. The van der Waals surface area contributed by atoms with Crippen molar-refractivity contribution in [1.82, 2.24) is 5.32 Å². The first-order valence-electron chi connectivity index (χ1n) is 1.88. The minimum atomic E-state index is -0.831. The normalized spacial score (nSPS) is 27.5. The van der Waals surface area contributed by atoms with Gasteiger partial charge >= 0.3 is 0 Å². The van der Waals surface area contributed by atoms with Crippen LogP contribution in [0, 0.1) is 6.20 Å². The van der Waals surface area contributed by atoms with Crippen LogP contribution < -0.4 is 5.32 Å². The van der Waals surface area contributed by atoms with E-state index in [-0.39, 0.29) is 10.8 Å². The van der Waals surface area contributed by atoms with Gasteiger partial charge in [0.2, 0.25) is 5.78 Å². The quantitative estimate of drug-likeness (QED) is 0.367. The second kappa shape index (κ2) is 1.96. The number of carbonyl (C=O) groups is 1. The summed E-state index contributed by atoms with van der Waals surface area (Å²) in [4.78, 5) is 10.4. The van der Waals surface area contributed by atoms with E-state index >= 15 is 0 Å². The highest BCUT2D eigenvalue weighted by molar-refractivity contribution is 6.48. The van der Waals surface area contributed by atoms with Crippen LogP contribution in [0.1, 0.15) is 0 Å². The summed E-state index contributed by atoms with van der Waals surface area (Å²) in [6, 6.07) is 0. The smallest absolute Gasteiger partial charge is 0.216 e. The number of ketones is 1. The van der Waals surface area contributed by atoms with E-state index in [4.69, 9.17) is 23.2 Å². The maximum Gasteiger partial charge on any atom is 0.216 e. The number of rotatable bonds is 0. The van der Waals surface area contributed by atoms with E-state index < -0.39 is 5.50 Å². The molecule has 1 rings (SSSR count). The SMILES string of the molecule is O=C1C(Cl)=[C][N]C1Cl. The molecule has 1 aliphatic heterocycles. The lowest BCUT2D eigenvalue weighted by Crippen LogP contribution is -2.14. The van der Waals surface area contributed by atoms with Crippen LogP contribution >= 0.6 is 23.2 Å². The van der Waals surface area contributed by atoms with Crippen LogP contribution in [0.3, 0.4) is 0 Å². The molecule has 8 heavy (non-hydrogen) atoms. The third-order valence-electron chi connectivity index (χ3n) is 0.709. The number of alkyl halides is 1. The molecular weight excluding hydrogens is 149 g/mol. The molecule has 4 heteroatoms. The Morgan fingerprint density at radius 3 is 2.50 bits per heavy atom. The summed E-state index contributed by atoms with van der Waals surface area (Å²) in [7, 11) is 0. The first-order valence-corrected chi connectivity index (χ1v) is 2.70. The van der Waals surface area contributed by atoms with Gasteiger partial charge in [-0.3, -0.25) is 10.1 Å². The zero-order valence-corrected chi connectivity index (χ0v) is 5.20. The number of hydrogen-bond donors (Lipinski definition) is 0. The van der Waals surface area contributed by atoms with E-state index in [0.29, 0.717) is 0 Å². The van der Waals surface area contributed by atoms with Gasteiger partial charge in [0.15, 0.2) is 5.50 Å². The van der Waals surface area contributed by atoms with Crippen molar-refractivity contribution >= 4 is 29.0 Å². The van der Waals surface area contributed by atoms with Gasteiger partial charge in [-0.15, -0.1) is 0 Å². The van der Waals surface area contributed by atoms with Crippen LogP contribution in [-0.2, 0) is 4.79 Å². The van der Waals surface area contributed by atoms with E-state index in [2.05, 4.69) is 11.5 Å². The van der Waals surface area contributed by atoms with Crippen molar-refractivity contribution in [1.29, 1.82) is 0 Å². The number of carbonyl (C=O) groups excluding carboxylic acids is 1. The average molecular weight is 150 g/mol. The minimum absolute atomic E-state index is 0.00926. The van der Waals surface area contributed by atoms with Crippen LogP contribution in [0.25, 0.3) is 0 Å². The number of halogens is 2. The van der Waals surface area contributed by atoms with Gasteiger partial charge in [0.1, 0.15) is 11.2 Å². The Hall–Kier alpha value is -0.210. The van der Waals surface area contributed by atoms with E-state index in [1.807, 2.05) is 0 Å². The van der Waals surface area contributed by atoms with Gasteiger partial charge in [0.25, 0.3) is 0 Å². The van der Waals surface area contributed by atoms with Crippen molar-refractivity contribution in [3.63, 3.8) is 0 Å². The third kappa shape index (κ3) is 0.812. The highest BCUT2D eigenvalue weighted by Gasteiger charge is 2.25. The molecule has 0 saturated heterocycles. The summed E-state index contributed by atoms with van der Waals surface area (Å²) in [6.45, 7) is 0. The standard InChI is InChI=1S/C4HCl2NO/c5-2-1-7-4(6)3(2)8/h4H. The Morgan fingerprint density at radius 2 is 2.38 bits per heavy atom. The van der Waals surface area contributed by atoms with Crippen molar-refractivity contribution in [3.05, 3.63) is 11.2 Å². The number of hydrogen-bond acceptors (Lipinski definition) is 1. The Kier molecular flexibility index (Phi) is 1.45. The molecule has 42 valence electrons. The lowest BCUT2D eigenvalue weighted by Gasteiger charge is -1.90. The Balaban J connectivity index is 2.73. The molecule has 0 bridgehead atoms. The van der Waals surface area contributed by atoms with E-state index in [9.17, 15) is 4.79 Å². The van der Waals surface area contributed by atoms with Crippen molar-refractivity contribution in [2.45, 2.75) is 5.50 Å². The van der Waals surface area contributed by atoms with Gasteiger partial charge in [-0.1, -0.05) is 23.2 Å². The second-order valence-corrected chi connectivity index (χ2v) is 2.05. The maximum absolute atomic E-state index is 10.4. The van der Waals surface area contributed by atoms with Gasteiger partial charge < -0.3 is 0 Å². The van der Waals surface area contributed by atoms with Gasteiger partial charge in [-0.25, -0.2) is 0 Å². The first-order chi connectivity index (χ1) is 3.72. The van der Waals surface area contributed by atoms with Gasteiger partial charge in [-0.2, -0.15) is 0 Å². The molecule has 1 aliphatic rings.